The molecule has 0 saturated heterocycles. The molecule has 0 radical (unpaired) electrons. The van der Waals surface area contributed by atoms with E-state index in [1.54, 1.807) is 18.0 Å². The first-order valence-corrected chi connectivity index (χ1v) is 7.21. The molecule has 18 heavy (non-hydrogen) atoms. The van der Waals surface area contributed by atoms with E-state index in [1.807, 2.05) is 30.5 Å². The maximum absolute atomic E-state index is 7.70. The molecule has 4 nitrogen and oxygen atoms in total. The van der Waals surface area contributed by atoms with Gasteiger partial charge in [0.25, 0.3) is 0 Å². The van der Waals surface area contributed by atoms with Gasteiger partial charge in [-0.3, -0.25) is 5.41 Å². The number of nitrogen functional groups attached to an aromatic ring is 1. The average Bonchev–Trinajstić information content (AvgIpc) is 2.39. The van der Waals surface area contributed by atoms with Gasteiger partial charge in [0.2, 0.25) is 0 Å². The molecule has 0 aliphatic rings. The van der Waals surface area contributed by atoms with E-state index in [9.17, 15) is 0 Å². The SMILES string of the molecule is CSc1cccc(Sc2ccncn2)c1C(=N)N. The highest BCUT2D eigenvalue weighted by molar-refractivity contribution is 8.00. The fourth-order valence-electron chi connectivity index (χ4n) is 1.48. The van der Waals surface area contributed by atoms with Crippen LogP contribution in [-0.2, 0) is 0 Å². The van der Waals surface area contributed by atoms with Crippen molar-refractivity contribution in [1.82, 2.24) is 9.97 Å². The Bertz CT molecular complexity index is 557. The maximum atomic E-state index is 7.70. The molecule has 92 valence electrons. The summed E-state index contributed by atoms with van der Waals surface area (Å²) in [4.78, 5) is 9.99. The molecule has 2 aromatic rings. The minimum Gasteiger partial charge on any atom is -0.384 e. The van der Waals surface area contributed by atoms with Crippen molar-refractivity contribution < 1.29 is 0 Å². The molecule has 0 atom stereocenters. The van der Waals surface area contributed by atoms with E-state index in [1.165, 1.54) is 18.1 Å². The molecule has 0 unspecified atom stereocenters. The predicted molar refractivity (Wildman–Crippen MR) is 75.4 cm³/mol. The minimum atomic E-state index is 0.0801. The van der Waals surface area contributed by atoms with Crippen molar-refractivity contribution in [2.75, 3.05) is 6.26 Å². The van der Waals surface area contributed by atoms with Crippen LogP contribution in [0.5, 0.6) is 0 Å². The van der Waals surface area contributed by atoms with Crippen molar-refractivity contribution >= 4 is 29.4 Å². The van der Waals surface area contributed by atoms with Gasteiger partial charge < -0.3 is 5.73 Å². The monoisotopic (exact) mass is 276 g/mol. The quantitative estimate of drug-likeness (QED) is 0.388. The number of nitrogens with one attached hydrogen (secondary N) is 1. The highest BCUT2D eigenvalue weighted by atomic mass is 32.2. The standard InChI is InChI=1S/C12H12N4S2/c1-17-8-3-2-4-9(11(8)12(13)14)18-10-5-6-15-7-16-10/h2-7H,1H3,(H3,13,14). The van der Waals surface area contributed by atoms with Crippen LogP contribution in [0.15, 0.2) is 51.6 Å². The van der Waals surface area contributed by atoms with E-state index in [0.29, 0.717) is 0 Å². The van der Waals surface area contributed by atoms with Gasteiger partial charge in [0.1, 0.15) is 17.2 Å². The van der Waals surface area contributed by atoms with Gasteiger partial charge in [-0.25, -0.2) is 9.97 Å². The summed E-state index contributed by atoms with van der Waals surface area (Å²) in [5.41, 5.74) is 6.44. The summed E-state index contributed by atoms with van der Waals surface area (Å²) in [6.07, 6.45) is 5.18. The Labute approximate surface area is 114 Å². The molecule has 1 aromatic carbocycles. The first-order chi connectivity index (χ1) is 8.72. The fourth-order valence-corrected chi connectivity index (χ4v) is 3.11. The van der Waals surface area contributed by atoms with Gasteiger partial charge >= 0.3 is 0 Å². The minimum absolute atomic E-state index is 0.0801. The molecule has 2 rings (SSSR count). The molecule has 0 fully saturated rings. The number of hydrogen-bond acceptors (Lipinski definition) is 5. The second-order valence-corrected chi connectivity index (χ2v) is 5.31. The Morgan fingerprint density at radius 2 is 2.06 bits per heavy atom. The molecule has 0 amide bonds. The Balaban J connectivity index is 2.42. The summed E-state index contributed by atoms with van der Waals surface area (Å²) in [7, 11) is 0. The zero-order chi connectivity index (χ0) is 13.0. The Morgan fingerprint density at radius 3 is 2.67 bits per heavy atom. The van der Waals surface area contributed by atoms with Gasteiger partial charge in [-0.05, 0) is 24.5 Å². The Kier molecular flexibility index (Phi) is 4.22. The van der Waals surface area contributed by atoms with Gasteiger partial charge in [-0.2, -0.15) is 0 Å². The number of thioether (sulfide) groups is 1. The Hall–Kier alpha value is -1.53. The Morgan fingerprint density at radius 1 is 1.28 bits per heavy atom. The van der Waals surface area contributed by atoms with Gasteiger partial charge in [0.15, 0.2) is 0 Å². The zero-order valence-corrected chi connectivity index (χ0v) is 11.4. The smallest absolute Gasteiger partial charge is 0.125 e. The lowest BCUT2D eigenvalue weighted by Crippen LogP contribution is -2.13. The van der Waals surface area contributed by atoms with Crippen molar-refractivity contribution in [3.8, 4) is 0 Å². The summed E-state index contributed by atoms with van der Waals surface area (Å²) >= 11 is 3.07. The van der Waals surface area contributed by atoms with E-state index in [4.69, 9.17) is 11.1 Å². The van der Waals surface area contributed by atoms with Gasteiger partial charge in [-0.1, -0.05) is 17.8 Å². The van der Waals surface area contributed by atoms with E-state index in [0.717, 1.165) is 20.4 Å². The van der Waals surface area contributed by atoms with E-state index in [-0.39, 0.29) is 5.84 Å². The highest BCUT2D eigenvalue weighted by Crippen LogP contribution is 2.33. The molecular weight excluding hydrogens is 264 g/mol. The third-order valence-corrected chi connectivity index (χ3v) is 4.04. The number of aromatic nitrogens is 2. The topological polar surface area (TPSA) is 75.7 Å². The number of hydrogen-bond donors (Lipinski definition) is 2. The number of nitrogens with zero attached hydrogens (tertiary/aromatic N) is 2. The van der Waals surface area contributed by atoms with Crippen LogP contribution in [0, 0.1) is 5.41 Å². The third kappa shape index (κ3) is 2.83. The summed E-state index contributed by atoms with van der Waals surface area (Å²) < 4.78 is 0. The first-order valence-electron chi connectivity index (χ1n) is 5.17. The van der Waals surface area contributed by atoms with Crippen molar-refractivity contribution in [2.45, 2.75) is 14.8 Å². The second-order valence-electron chi connectivity index (χ2n) is 3.40. The lowest BCUT2D eigenvalue weighted by atomic mass is 10.2. The molecule has 0 bridgehead atoms. The summed E-state index contributed by atoms with van der Waals surface area (Å²) in [6.45, 7) is 0. The number of benzene rings is 1. The number of amidine groups is 1. The van der Waals surface area contributed by atoms with Crippen LogP contribution in [0.4, 0.5) is 0 Å². The normalized spacial score (nSPS) is 10.3. The third-order valence-electron chi connectivity index (χ3n) is 2.25. The van der Waals surface area contributed by atoms with Gasteiger partial charge in [-0.15, -0.1) is 11.8 Å². The van der Waals surface area contributed by atoms with Crippen molar-refractivity contribution in [2.24, 2.45) is 5.73 Å². The molecule has 0 saturated carbocycles. The largest absolute Gasteiger partial charge is 0.384 e. The van der Waals surface area contributed by atoms with E-state index in [2.05, 4.69) is 9.97 Å². The van der Waals surface area contributed by atoms with Gasteiger partial charge in [0.05, 0.1) is 0 Å². The van der Waals surface area contributed by atoms with Crippen LogP contribution in [0.25, 0.3) is 0 Å². The fraction of sp³-hybridized carbons (Fsp3) is 0.0833. The van der Waals surface area contributed by atoms with Crippen molar-refractivity contribution in [3.63, 3.8) is 0 Å². The molecule has 3 N–H and O–H groups in total. The summed E-state index contributed by atoms with van der Waals surface area (Å²) in [5, 5.41) is 8.54. The van der Waals surface area contributed by atoms with Gasteiger partial charge in [0, 0.05) is 21.6 Å². The van der Waals surface area contributed by atoms with Crippen LogP contribution in [0.3, 0.4) is 0 Å². The lowest BCUT2D eigenvalue weighted by molar-refractivity contribution is 1.05. The van der Waals surface area contributed by atoms with Crippen LogP contribution in [0.1, 0.15) is 5.56 Å². The molecule has 1 aromatic heterocycles. The van der Waals surface area contributed by atoms with Crippen LogP contribution in [0.2, 0.25) is 0 Å². The second kappa shape index (κ2) is 5.88. The lowest BCUT2D eigenvalue weighted by Gasteiger charge is -2.11. The summed E-state index contributed by atoms with van der Waals surface area (Å²) in [6, 6.07) is 7.71. The number of rotatable bonds is 4. The average molecular weight is 276 g/mol. The highest BCUT2D eigenvalue weighted by Gasteiger charge is 2.12. The molecule has 1 heterocycles. The van der Waals surface area contributed by atoms with Crippen molar-refractivity contribution in [1.29, 1.82) is 5.41 Å². The van der Waals surface area contributed by atoms with E-state index < -0.39 is 0 Å². The maximum Gasteiger partial charge on any atom is 0.125 e. The van der Waals surface area contributed by atoms with Crippen LogP contribution >= 0.6 is 23.5 Å². The number of nitrogens with two attached hydrogens (primary N) is 1. The molecular formula is C12H12N4S2. The first kappa shape index (κ1) is 12.9. The van der Waals surface area contributed by atoms with Crippen LogP contribution in [-0.4, -0.2) is 22.1 Å². The van der Waals surface area contributed by atoms with E-state index >= 15 is 0 Å². The molecule has 6 heteroatoms. The van der Waals surface area contributed by atoms with Crippen molar-refractivity contribution in [3.05, 3.63) is 42.4 Å². The predicted octanol–water partition coefficient (Wildman–Crippen LogP) is 2.63. The zero-order valence-electron chi connectivity index (χ0n) is 9.75. The summed E-state index contributed by atoms with van der Waals surface area (Å²) in [5.74, 6) is 0.0801. The molecule has 0 aliphatic carbocycles. The molecule has 0 aliphatic heterocycles. The molecule has 0 spiro atoms. The van der Waals surface area contributed by atoms with Crippen LogP contribution < -0.4 is 5.73 Å².